The van der Waals surface area contributed by atoms with Crippen molar-refractivity contribution >= 4 is 65.8 Å². The van der Waals surface area contributed by atoms with Gasteiger partial charge in [-0.15, -0.1) is 0 Å². The van der Waals surface area contributed by atoms with E-state index in [1.807, 2.05) is 103 Å². The maximum atomic E-state index is 6.69. The lowest BCUT2D eigenvalue weighted by molar-refractivity contribution is 0.668. The number of benzene rings is 7. The van der Waals surface area contributed by atoms with Crippen molar-refractivity contribution in [2.45, 2.75) is 0 Å². The van der Waals surface area contributed by atoms with Gasteiger partial charge in [0.1, 0.15) is 33.5 Å². The highest BCUT2D eigenvalue weighted by Gasteiger charge is 2.22. The van der Waals surface area contributed by atoms with Crippen LogP contribution in [0.4, 0.5) is 0 Å². The Hall–Kier alpha value is -7.05. The molecule has 6 nitrogen and oxygen atoms in total. The zero-order chi connectivity index (χ0) is 33.5. The average Bonchev–Trinajstić information content (AvgIpc) is 3.89. The van der Waals surface area contributed by atoms with E-state index in [0.29, 0.717) is 17.5 Å². The van der Waals surface area contributed by atoms with Crippen LogP contribution in [0.5, 0.6) is 0 Å². The molecular formula is C45H25N3O3. The predicted molar refractivity (Wildman–Crippen MR) is 203 cm³/mol. The minimum Gasteiger partial charge on any atom is -0.456 e. The molecule has 7 aromatic carbocycles. The number of para-hydroxylation sites is 4. The van der Waals surface area contributed by atoms with Crippen LogP contribution in [0.1, 0.15) is 0 Å². The van der Waals surface area contributed by atoms with E-state index in [-0.39, 0.29) is 0 Å². The lowest BCUT2D eigenvalue weighted by atomic mass is 9.97. The highest BCUT2D eigenvalue weighted by Crippen LogP contribution is 2.43. The molecule has 0 amide bonds. The van der Waals surface area contributed by atoms with Crippen molar-refractivity contribution in [3.05, 3.63) is 152 Å². The van der Waals surface area contributed by atoms with Gasteiger partial charge in [0.05, 0.1) is 5.56 Å². The Morgan fingerprint density at radius 1 is 0.314 bits per heavy atom. The summed E-state index contributed by atoms with van der Waals surface area (Å²) < 4.78 is 19.3. The first-order chi connectivity index (χ1) is 25.3. The number of furan rings is 3. The first kappa shape index (κ1) is 27.9. The molecule has 0 fully saturated rings. The summed E-state index contributed by atoms with van der Waals surface area (Å²) in [6.07, 6.45) is 0. The minimum absolute atomic E-state index is 0.533. The normalized spacial score (nSPS) is 11.9. The van der Waals surface area contributed by atoms with Crippen molar-refractivity contribution in [3.63, 3.8) is 0 Å². The molecule has 6 heteroatoms. The van der Waals surface area contributed by atoms with Crippen molar-refractivity contribution in [1.29, 1.82) is 0 Å². The Labute approximate surface area is 290 Å². The molecule has 0 radical (unpaired) electrons. The van der Waals surface area contributed by atoms with E-state index in [9.17, 15) is 0 Å². The van der Waals surface area contributed by atoms with E-state index in [4.69, 9.17) is 28.2 Å². The summed E-state index contributed by atoms with van der Waals surface area (Å²) in [6, 6.07) is 51.0. The zero-order valence-electron chi connectivity index (χ0n) is 27.0. The van der Waals surface area contributed by atoms with E-state index >= 15 is 0 Å². The molecule has 0 atom stereocenters. The second kappa shape index (κ2) is 10.7. The number of hydrogen-bond donors (Lipinski definition) is 0. The summed E-state index contributed by atoms with van der Waals surface area (Å²) >= 11 is 0. The van der Waals surface area contributed by atoms with Gasteiger partial charge in [-0.3, -0.25) is 0 Å². The number of nitrogens with zero attached hydrogens (tertiary/aromatic N) is 3. The van der Waals surface area contributed by atoms with Crippen molar-refractivity contribution in [3.8, 4) is 45.3 Å². The lowest BCUT2D eigenvalue weighted by Gasteiger charge is -2.11. The second-order valence-corrected chi connectivity index (χ2v) is 12.7. The maximum absolute atomic E-state index is 6.69. The van der Waals surface area contributed by atoms with Crippen LogP contribution in [0.2, 0.25) is 0 Å². The van der Waals surface area contributed by atoms with Crippen LogP contribution in [0.15, 0.2) is 165 Å². The standard InChI is InChI=1S/C45H25N3O3/c1-2-11-26(12-3-1)43-46-44(48-45(47-43)34-17-10-16-31-29-13-4-8-19-37(29)50-41(31)34)33-23-22-28(42-40(33)32-15-6-9-20-38(32)51-42)27-21-24-39-35(25-27)30-14-5-7-18-36(30)49-39/h1-25H. The molecule has 11 aromatic rings. The highest BCUT2D eigenvalue weighted by atomic mass is 16.3. The van der Waals surface area contributed by atoms with Crippen LogP contribution in [-0.4, -0.2) is 15.0 Å². The van der Waals surface area contributed by atoms with E-state index in [2.05, 4.69) is 48.5 Å². The first-order valence-corrected chi connectivity index (χ1v) is 16.9. The van der Waals surface area contributed by atoms with Gasteiger partial charge in [-0.2, -0.15) is 0 Å². The molecule has 0 aliphatic carbocycles. The Balaban J connectivity index is 1.18. The van der Waals surface area contributed by atoms with Gasteiger partial charge in [0.15, 0.2) is 17.5 Å². The number of rotatable bonds is 4. The van der Waals surface area contributed by atoms with Gasteiger partial charge < -0.3 is 13.3 Å². The van der Waals surface area contributed by atoms with Crippen LogP contribution in [0, 0.1) is 0 Å². The van der Waals surface area contributed by atoms with E-state index in [1.54, 1.807) is 0 Å². The summed E-state index contributed by atoms with van der Waals surface area (Å²) in [4.78, 5) is 15.4. The fourth-order valence-electron chi connectivity index (χ4n) is 7.39. The van der Waals surface area contributed by atoms with Gasteiger partial charge >= 0.3 is 0 Å². The summed E-state index contributed by atoms with van der Waals surface area (Å²) in [5.41, 5.74) is 9.39. The largest absolute Gasteiger partial charge is 0.456 e. The van der Waals surface area contributed by atoms with Crippen LogP contribution >= 0.6 is 0 Å². The SMILES string of the molecule is c1ccc(-c2nc(-c3cccc4c3oc3ccccc34)nc(-c3ccc(-c4ccc5oc6ccccc6c5c4)c4oc5ccccc5c34)n2)cc1. The van der Waals surface area contributed by atoms with E-state index < -0.39 is 0 Å². The molecule has 11 rings (SSSR count). The average molecular weight is 656 g/mol. The third kappa shape index (κ3) is 4.26. The Kier molecular flexibility index (Phi) is 5.86. The topological polar surface area (TPSA) is 78.1 Å². The van der Waals surface area contributed by atoms with Crippen LogP contribution in [0.3, 0.4) is 0 Å². The van der Waals surface area contributed by atoms with Crippen molar-refractivity contribution in [1.82, 2.24) is 15.0 Å². The van der Waals surface area contributed by atoms with Gasteiger partial charge in [0.25, 0.3) is 0 Å². The molecule has 4 heterocycles. The smallest absolute Gasteiger partial charge is 0.167 e. The van der Waals surface area contributed by atoms with Crippen molar-refractivity contribution in [2.75, 3.05) is 0 Å². The van der Waals surface area contributed by atoms with Crippen molar-refractivity contribution in [2.24, 2.45) is 0 Å². The van der Waals surface area contributed by atoms with Gasteiger partial charge in [-0.05, 0) is 54.1 Å². The van der Waals surface area contributed by atoms with Crippen LogP contribution < -0.4 is 0 Å². The van der Waals surface area contributed by atoms with E-state index in [1.165, 1.54) is 0 Å². The van der Waals surface area contributed by atoms with E-state index in [0.717, 1.165) is 93.6 Å². The summed E-state index contributed by atoms with van der Waals surface area (Å²) in [5, 5.41) is 6.14. The fraction of sp³-hybridized carbons (Fsp3) is 0. The first-order valence-electron chi connectivity index (χ1n) is 16.9. The van der Waals surface area contributed by atoms with Gasteiger partial charge in [-0.1, -0.05) is 103 Å². The molecule has 0 aliphatic heterocycles. The highest BCUT2D eigenvalue weighted by molar-refractivity contribution is 6.17. The molecule has 0 bridgehead atoms. The third-order valence-corrected chi connectivity index (χ3v) is 9.77. The monoisotopic (exact) mass is 655 g/mol. The maximum Gasteiger partial charge on any atom is 0.167 e. The van der Waals surface area contributed by atoms with Crippen molar-refractivity contribution < 1.29 is 13.3 Å². The Morgan fingerprint density at radius 3 is 1.69 bits per heavy atom. The zero-order valence-corrected chi connectivity index (χ0v) is 27.0. The number of fused-ring (bicyclic) bond motifs is 9. The molecular weight excluding hydrogens is 631 g/mol. The summed E-state index contributed by atoms with van der Waals surface area (Å²) in [7, 11) is 0. The Morgan fingerprint density at radius 2 is 0.882 bits per heavy atom. The second-order valence-electron chi connectivity index (χ2n) is 12.7. The minimum atomic E-state index is 0.533. The van der Waals surface area contributed by atoms with Crippen LogP contribution in [0.25, 0.3) is 111 Å². The van der Waals surface area contributed by atoms with Crippen LogP contribution in [-0.2, 0) is 0 Å². The summed E-state index contributed by atoms with van der Waals surface area (Å²) in [5.74, 6) is 1.66. The lowest BCUT2D eigenvalue weighted by Crippen LogP contribution is -2.00. The molecule has 238 valence electrons. The predicted octanol–water partition coefficient (Wildman–Crippen LogP) is 12.2. The Bertz CT molecular complexity index is 3150. The molecule has 0 N–H and O–H groups in total. The number of aromatic nitrogens is 3. The third-order valence-electron chi connectivity index (χ3n) is 9.77. The molecule has 0 unspecified atom stereocenters. The molecule has 0 aliphatic rings. The number of hydrogen-bond acceptors (Lipinski definition) is 6. The molecule has 4 aromatic heterocycles. The van der Waals surface area contributed by atoms with Gasteiger partial charge in [0.2, 0.25) is 0 Å². The fourth-order valence-corrected chi connectivity index (χ4v) is 7.39. The molecule has 0 saturated heterocycles. The van der Waals surface area contributed by atoms with Gasteiger partial charge in [0, 0.05) is 49.0 Å². The summed E-state index contributed by atoms with van der Waals surface area (Å²) in [6.45, 7) is 0. The molecule has 51 heavy (non-hydrogen) atoms. The molecule has 0 spiro atoms. The molecule has 0 saturated carbocycles. The quantitative estimate of drug-likeness (QED) is 0.188. The van der Waals surface area contributed by atoms with Gasteiger partial charge in [-0.25, -0.2) is 15.0 Å².